The van der Waals surface area contributed by atoms with Crippen molar-refractivity contribution in [1.82, 2.24) is 5.32 Å². The maximum absolute atomic E-state index is 12.1. The van der Waals surface area contributed by atoms with E-state index >= 15 is 0 Å². The van der Waals surface area contributed by atoms with Crippen LogP contribution in [0.1, 0.15) is 36.5 Å². The van der Waals surface area contributed by atoms with Gasteiger partial charge in [-0.25, -0.2) is 0 Å². The molecule has 1 aliphatic rings. The lowest BCUT2D eigenvalue weighted by atomic mass is 9.80. The van der Waals surface area contributed by atoms with E-state index in [1.807, 2.05) is 6.07 Å². The van der Waals surface area contributed by atoms with Crippen molar-refractivity contribution >= 4 is 33.4 Å². The molecule has 1 amide bonds. The van der Waals surface area contributed by atoms with Crippen molar-refractivity contribution in [2.75, 3.05) is 0 Å². The summed E-state index contributed by atoms with van der Waals surface area (Å²) >= 11 is 9.37. The number of hydrogen-bond donors (Lipinski definition) is 1. The molecule has 0 saturated heterocycles. The minimum Gasteiger partial charge on any atom is -0.349 e. The Morgan fingerprint density at radius 2 is 2.24 bits per heavy atom. The number of benzene rings is 1. The van der Waals surface area contributed by atoms with E-state index in [2.05, 4.69) is 28.2 Å². The van der Waals surface area contributed by atoms with Crippen LogP contribution in [-0.2, 0) is 0 Å². The lowest BCUT2D eigenvalue weighted by molar-refractivity contribution is 0.0909. The number of amides is 1. The highest BCUT2D eigenvalue weighted by atomic mass is 79.9. The highest BCUT2D eigenvalue weighted by molar-refractivity contribution is 9.10. The molecule has 92 valence electrons. The Kier molecular flexibility index (Phi) is 4.10. The van der Waals surface area contributed by atoms with Gasteiger partial charge in [-0.3, -0.25) is 4.79 Å². The molecule has 1 saturated carbocycles. The summed E-state index contributed by atoms with van der Waals surface area (Å²) in [5.41, 5.74) is 0.534. The van der Waals surface area contributed by atoms with Crippen molar-refractivity contribution in [1.29, 1.82) is 0 Å². The van der Waals surface area contributed by atoms with Crippen LogP contribution in [0.15, 0.2) is 22.7 Å². The normalized spacial score (nSPS) is 17.4. The van der Waals surface area contributed by atoms with Gasteiger partial charge in [-0.05, 0) is 43.9 Å². The summed E-state index contributed by atoms with van der Waals surface area (Å²) in [4.78, 5) is 12.1. The molecule has 1 fully saturated rings. The first kappa shape index (κ1) is 12.9. The standard InChI is InChI=1S/C13H15BrClNO/c1-8(9-3-2-4-9)16-13(17)11-7-10(14)5-6-12(11)15/h5-9H,2-4H2,1H3,(H,16,17). The van der Waals surface area contributed by atoms with Crippen molar-refractivity contribution < 1.29 is 4.79 Å². The second kappa shape index (κ2) is 5.40. The maximum Gasteiger partial charge on any atom is 0.253 e. The molecule has 0 radical (unpaired) electrons. The Morgan fingerprint density at radius 1 is 1.53 bits per heavy atom. The largest absolute Gasteiger partial charge is 0.349 e. The Bertz CT molecular complexity index is 431. The van der Waals surface area contributed by atoms with Crippen LogP contribution in [0, 0.1) is 5.92 Å². The number of rotatable bonds is 3. The number of carbonyl (C=O) groups is 1. The molecule has 1 aromatic rings. The number of hydrogen-bond acceptors (Lipinski definition) is 1. The summed E-state index contributed by atoms with van der Waals surface area (Å²) in [6.45, 7) is 2.06. The van der Waals surface area contributed by atoms with E-state index in [-0.39, 0.29) is 11.9 Å². The zero-order valence-corrected chi connectivity index (χ0v) is 12.0. The van der Waals surface area contributed by atoms with Gasteiger partial charge in [0.1, 0.15) is 0 Å². The van der Waals surface area contributed by atoms with E-state index < -0.39 is 0 Å². The van der Waals surface area contributed by atoms with Gasteiger partial charge < -0.3 is 5.32 Å². The van der Waals surface area contributed by atoms with Gasteiger partial charge in [0.05, 0.1) is 10.6 Å². The molecule has 4 heteroatoms. The Labute approximate surface area is 115 Å². The molecule has 2 rings (SSSR count). The molecule has 0 aliphatic heterocycles. The van der Waals surface area contributed by atoms with Gasteiger partial charge in [0, 0.05) is 10.5 Å². The lowest BCUT2D eigenvalue weighted by Gasteiger charge is -2.31. The predicted molar refractivity (Wildman–Crippen MR) is 73.4 cm³/mol. The van der Waals surface area contributed by atoms with Crippen molar-refractivity contribution in [2.45, 2.75) is 32.2 Å². The van der Waals surface area contributed by atoms with Crippen molar-refractivity contribution in [3.05, 3.63) is 33.3 Å². The third-order valence-electron chi connectivity index (χ3n) is 3.39. The molecular formula is C13H15BrClNO. The first-order valence-corrected chi connectivity index (χ1v) is 7.01. The van der Waals surface area contributed by atoms with E-state index in [4.69, 9.17) is 11.6 Å². The minimum absolute atomic E-state index is 0.0873. The summed E-state index contributed by atoms with van der Waals surface area (Å²) in [7, 11) is 0. The fourth-order valence-corrected chi connectivity index (χ4v) is 2.58. The quantitative estimate of drug-likeness (QED) is 0.896. The van der Waals surface area contributed by atoms with Gasteiger partial charge in [-0.15, -0.1) is 0 Å². The van der Waals surface area contributed by atoms with E-state index in [1.165, 1.54) is 19.3 Å². The SMILES string of the molecule is CC(NC(=O)c1cc(Br)ccc1Cl)C1CCC1. The highest BCUT2D eigenvalue weighted by Gasteiger charge is 2.25. The molecule has 1 N–H and O–H groups in total. The first-order chi connectivity index (χ1) is 8.08. The van der Waals surface area contributed by atoms with Crippen molar-refractivity contribution in [3.63, 3.8) is 0 Å². The summed E-state index contributed by atoms with van der Waals surface area (Å²) in [5, 5.41) is 3.51. The molecule has 0 bridgehead atoms. The molecule has 17 heavy (non-hydrogen) atoms. The van der Waals surface area contributed by atoms with Gasteiger partial charge in [0.25, 0.3) is 5.91 Å². The molecule has 1 aliphatic carbocycles. The average Bonchev–Trinajstić information content (AvgIpc) is 2.18. The second-order valence-corrected chi connectivity index (χ2v) is 5.90. The molecule has 2 nitrogen and oxygen atoms in total. The van der Waals surface area contributed by atoms with Crippen LogP contribution >= 0.6 is 27.5 Å². The molecule has 0 spiro atoms. The molecule has 1 aromatic carbocycles. The molecular weight excluding hydrogens is 302 g/mol. The van der Waals surface area contributed by atoms with Crippen molar-refractivity contribution in [2.24, 2.45) is 5.92 Å². The Hall–Kier alpha value is -0.540. The zero-order chi connectivity index (χ0) is 12.4. The average molecular weight is 317 g/mol. The molecule has 0 aromatic heterocycles. The van der Waals surface area contributed by atoms with Gasteiger partial charge in [-0.2, -0.15) is 0 Å². The second-order valence-electron chi connectivity index (χ2n) is 4.58. The van der Waals surface area contributed by atoms with E-state index in [1.54, 1.807) is 12.1 Å². The smallest absolute Gasteiger partial charge is 0.253 e. The van der Waals surface area contributed by atoms with Crippen LogP contribution in [0.3, 0.4) is 0 Å². The summed E-state index contributed by atoms with van der Waals surface area (Å²) < 4.78 is 0.864. The Balaban J connectivity index is 2.05. The molecule has 1 unspecified atom stereocenters. The monoisotopic (exact) mass is 315 g/mol. The van der Waals surface area contributed by atoms with E-state index in [0.29, 0.717) is 16.5 Å². The summed E-state index contributed by atoms with van der Waals surface area (Å²) in [6.07, 6.45) is 3.71. The topological polar surface area (TPSA) is 29.1 Å². The van der Waals surface area contributed by atoms with E-state index in [9.17, 15) is 4.79 Å². The van der Waals surface area contributed by atoms with Gasteiger partial charge in [-0.1, -0.05) is 34.0 Å². The van der Waals surface area contributed by atoms with Gasteiger partial charge in [0.15, 0.2) is 0 Å². The summed E-state index contributed by atoms with van der Waals surface area (Å²) in [6, 6.07) is 5.54. The van der Waals surface area contributed by atoms with Gasteiger partial charge in [0.2, 0.25) is 0 Å². The van der Waals surface area contributed by atoms with Crippen LogP contribution < -0.4 is 5.32 Å². The molecule has 0 heterocycles. The van der Waals surface area contributed by atoms with Crippen LogP contribution in [0.2, 0.25) is 5.02 Å². The van der Waals surface area contributed by atoms with Crippen LogP contribution in [0.5, 0.6) is 0 Å². The van der Waals surface area contributed by atoms with Gasteiger partial charge >= 0.3 is 0 Å². The molecule has 1 atom stereocenters. The van der Waals surface area contributed by atoms with Crippen LogP contribution in [0.25, 0.3) is 0 Å². The third kappa shape index (κ3) is 3.02. The Morgan fingerprint density at radius 3 is 2.82 bits per heavy atom. The number of nitrogens with one attached hydrogen (secondary N) is 1. The predicted octanol–water partition coefficient (Wildman–Crippen LogP) is 4.02. The summed E-state index contributed by atoms with van der Waals surface area (Å²) in [5.74, 6) is 0.542. The van der Waals surface area contributed by atoms with Crippen LogP contribution in [0.4, 0.5) is 0 Å². The third-order valence-corrected chi connectivity index (χ3v) is 4.21. The first-order valence-electron chi connectivity index (χ1n) is 5.84. The van der Waals surface area contributed by atoms with Crippen molar-refractivity contribution in [3.8, 4) is 0 Å². The van der Waals surface area contributed by atoms with Crippen LogP contribution in [-0.4, -0.2) is 11.9 Å². The van der Waals surface area contributed by atoms with E-state index in [0.717, 1.165) is 4.47 Å². The highest BCUT2D eigenvalue weighted by Crippen LogP contribution is 2.29. The fraction of sp³-hybridized carbons (Fsp3) is 0.462. The maximum atomic E-state index is 12.1. The lowest BCUT2D eigenvalue weighted by Crippen LogP contribution is -2.40. The minimum atomic E-state index is -0.0873. The fourth-order valence-electron chi connectivity index (χ4n) is 2.01. The zero-order valence-electron chi connectivity index (χ0n) is 9.67. The number of halogens is 2. The number of carbonyl (C=O) groups excluding carboxylic acids is 1.